The summed E-state index contributed by atoms with van der Waals surface area (Å²) in [6, 6.07) is 5.04. The van der Waals surface area contributed by atoms with Crippen LogP contribution in [0.15, 0.2) is 43.5 Å². The molecule has 1 aromatic carbocycles. The molecule has 0 saturated carbocycles. The Labute approximate surface area is 225 Å². The number of para-hydroxylation sites is 1. The number of aliphatic hydroxyl groups is 1. The van der Waals surface area contributed by atoms with Gasteiger partial charge in [0, 0.05) is 28.9 Å². The number of benzene rings is 1. The maximum Gasteiger partial charge on any atom is 0.310 e. The molecule has 0 aromatic heterocycles. The van der Waals surface area contributed by atoms with Gasteiger partial charge in [0.05, 0.1) is 29.8 Å². The molecular weight excluding hydrogens is 544 g/mol. The van der Waals surface area contributed by atoms with Gasteiger partial charge in [0.25, 0.3) is 5.91 Å². The minimum Gasteiger partial charge on any atom is -0.465 e. The van der Waals surface area contributed by atoms with E-state index in [1.54, 1.807) is 28.8 Å². The number of carbonyl (C=O) groups is 3. The highest BCUT2D eigenvalue weighted by Gasteiger charge is 2.76. The van der Waals surface area contributed by atoms with Crippen LogP contribution in [0.5, 0.6) is 0 Å². The Balaban J connectivity index is 1.77. The van der Waals surface area contributed by atoms with Crippen molar-refractivity contribution in [2.24, 2.45) is 11.8 Å². The zero-order chi connectivity index (χ0) is 26.2. The molecule has 9 heteroatoms. The zero-order valence-electron chi connectivity index (χ0n) is 20.7. The van der Waals surface area contributed by atoms with Gasteiger partial charge in [-0.2, -0.15) is 0 Å². The van der Waals surface area contributed by atoms with Gasteiger partial charge in [-0.05, 0) is 37.8 Å². The second kappa shape index (κ2) is 10.7. The van der Waals surface area contributed by atoms with Crippen molar-refractivity contribution in [3.63, 3.8) is 0 Å². The molecule has 0 aliphatic carbocycles. The number of rotatable bonds is 10. The third-order valence-corrected chi connectivity index (χ3v) is 10.7. The number of aryl methyl sites for hydroxylation is 2. The van der Waals surface area contributed by atoms with Crippen LogP contribution in [0, 0.1) is 25.7 Å². The summed E-state index contributed by atoms with van der Waals surface area (Å²) >= 11 is 5.30. The summed E-state index contributed by atoms with van der Waals surface area (Å²) in [5.41, 5.74) is 2.69. The molecule has 3 saturated heterocycles. The van der Waals surface area contributed by atoms with E-state index in [-0.39, 0.29) is 48.2 Å². The van der Waals surface area contributed by atoms with Gasteiger partial charge < -0.3 is 19.6 Å². The van der Waals surface area contributed by atoms with E-state index in [0.717, 1.165) is 16.8 Å². The van der Waals surface area contributed by atoms with Crippen LogP contribution in [0.4, 0.5) is 5.69 Å². The quantitative estimate of drug-likeness (QED) is 0.199. The molecule has 3 fully saturated rings. The highest BCUT2D eigenvalue weighted by molar-refractivity contribution is 9.09. The molecule has 3 aliphatic heterocycles. The van der Waals surface area contributed by atoms with E-state index < -0.39 is 28.6 Å². The number of aliphatic hydroxyl groups excluding tert-OH is 1. The van der Waals surface area contributed by atoms with E-state index in [2.05, 4.69) is 29.1 Å². The fourth-order valence-corrected chi connectivity index (χ4v) is 9.76. The maximum atomic E-state index is 14.4. The van der Waals surface area contributed by atoms with Crippen molar-refractivity contribution >= 4 is 51.2 Å². The first-order valence-corrected chi connectivity index (χ1v) is 14.0. The van der Waals surface area contributed by atoms with Crippen LogP contribution < -0.4 is 4.90 Å². The van der Waals surface area contributed by atoms with Gasteiger partial charge in [-0.1, -0.05) is 46.3 Å². The van der Waals surface area contributed by atoms with Crippen LogP contribution in [0.2, 0.25) is 0 Å². The third-order valence-electron chi connectivity index (χ3n) is 7.49. The average molecular weight is 578 g/mol. The van der Waals surface area contributed by atoms with Crippen molar-refractivity contribution in [1.82, 2.24) is 4.90 Å². The van der Waals surface area contributed by atoms with Crippen molar-refractivity contribution < 1.29 is 24.2 Å². The normalized spacial score (nSPS) is 30.3. The van der Waals surface area contributed by atoms with E-state index in [9.17, 15) is 19.5 Å². The first-order chi connectivity index (χ1) is 17.2. The second-order valence-electron chi connectivity index (χ2n) is 9.64. The number of carbonyl (C=O) groups excluding carboxylic acids is 3. The number of β-amino-alcohol motifs (C(OH)–C–C–N with tert-alkyl or cyclic N) is 1. The minimum atomic E-state index is -0.817. The van der Waals surface area contributed by atoms with Gasteiger partial charge in [-0.25, -0.2) is 0 Å². The van der Waals surface area contributed by atoms with Gasteiger partial charge in [-0.3, -0.25) is 14.4 Å². The largest absolute Gasteiger partial charge is 0.465 e. The fraction of sp³-hybridized carbons (Fsp3) is 0.519. The molecule has 7 nitrogen and oxygen atoms in total. The standard InChI is InChI=1S/C27H33BrN2O5S/c1-5-7-14-35-26(34)19-20-24(32)30(12-13-31)23(27(20)15-18(28)22(19)36-27)25(33)29(11-6-2)21-16(3)9-8-10-17(21)4/h5-6,8-10,18-20,22-23,31H,1-2,7,11-15H2,3-4H3/t18?,19-,20-,22-,23?,27?/m0/s1. The predicted octanol–water partition coefficient (Wildman–Crippen LogP) is 3.40. The molecule has 36 heavy (non-hydrogen) atoms. The number of amides is 2. The summed E-state index contributed by atoms with van der Waals surface area (Å²) in [5, 5.41) is 9.67. The number of esters is 1. The molecule has 1 N–H and O–H groups in total. The third kappa shape index (κ3) is 4.23. The van der Waals surface area contributed by atoms with Gasteiger partial charge in [0.2, 0.25) is 5.91 Å². The molecule has 3 unspecified atom stereocenters. The number of ether oxygens (including phenoxy) is 1. The Kier molecular flexibility index (Phi) is 8.02. The van der Waals surface area contributed by atoms with Crippen LogP contribution in [0.3, 0.4) is 0 Å². The number of hydrogen-bond donors (Lipinski definition) is 1. The highest BCUT2D eigenvalue weighted by atomic mass is 79.9. The number of anilines is 1. The molecule has 6 atom stereocenters. The Morgan fingerprint density at radius 1 is 1.31 bits per heavy atom. The van der Waals surface area contributed by atoms with Crippen LogP contribution in [-0.4, -0.2) is 75.0 Å². The maximum absolute atomic E-state index is 14.4. The lowest BCUT2D eigenvalue weighted by atomic mass is 9.71. The van der Waals surface area contributed by atoms with E-state index in [1.165, 1.54) is 4.90 Å². The van der Waals surface area contributed by atoms with Crippen LogP contribution in [0.25, 0.3) is 0 Å². The summed E-state index contributed by atoms with van der Waals surface area (Å²) < 4.78 is 4.73. The summed E-state index contributed by atoms with van der Waals surface area (Å²) in [6.07, 6.45) is 4.46. The van der Waals surface area contributed by atoms with E-state index in [0.29, 0.717) is 12.8 Å². The summed E-state index contributed by atoms with van der Waals surface area (Å²) in [6.45, 7) is 11.7. The Morgan fingerprint density at radius 2 is 2.00 bits per heavy atom. The molecule has 2 bridgehead atoms. The number of likely N-dealkylation sites (tertiary alicyclic amines) is 1. The smallest absolute Gasteiger partial charge is 0.310 e. The van der Waals surface area contributed by atoms with Gasteiger partial charge in [0.15, 0.2) is 0 Å². The molecule has 0 radical (unpaired) electrons. The first-order valence-electron chi connectivity index (χ1n) is 12.2. The number of fused-ring (bicyclic) bond motifs is 1. The van der Waals surface area contributed by atoms with E-state index in [1.807, 2.05) is 32.0 Å². The average Bonchev–Trinajstić information content (AvgIpc) is 3.42. The molecule has 1 spiro atoms. The van der Waals surface area contributed by atoms with Crippen LogP contribution >= 0.6 is 27.7 Å². The number of hydrogen-bond acceptors (Lipinski definition) is 6. The lowest BCUT2D eigenvalue weighted by Gasteiger charge is -2.38. The molecule has 1 aromatic rings. The number of halogens is 1. The lowest BCUT2D eigenvalue weighted by Crippen LogP contribution is -2.56. The van der Waals surface area contributed by atoms with Crippen molar-refractivity contribution in [3.05, 3.63) is 54.6 Å². The summed E-state index contributed by atoms with van der Waals surface area (Å²) in [7, 11) is 0. The van der Waals surface area contributed by atoms with E-state index >= 15 is 0 Å². The van der Waals surface area contributed by atoms with Crippen LogP contribution in [0.1, 0.15) is 24.0 Å². The molecule has 194 valence electrons. The SMILES string of the molecule is C=CCCOC(=O)[C@H]1[C@H]2C(=O)N(CCO)C(C(=O)N(CC=C)c3c(C)cccc3C)C23CC(Br)[C@@H]1S3. The first kappa shape index (κ1) is 26.9. The molecule has 2 amide bonds. The van der Waals surface area contributed by atoms with Crippen molar-refractivity contribution in [2.45, 2.75) is 47.6 Å². The molecule has 3 aliphatic rings. The number of nitrogens with zero attached hydrogens (tertiary/aromatic N) is 2. The van der Waals surface area contributed by atoms with Crippen molar-refractivity contribution in [2.75, 3.05) is 31.2 Å². The van der Waals surface area contributed by atoms with Crippen LogP contribution in [-0.2, 0) is 19.1 Å². The fourth-order valence-electron chi connectivity index (χ4n) is 6.17. The highest BCUT2D eigenvalue weighted by Crippen LogP contribution is 2.68. The Hall–Kier alpha value is -2.10. The van der Waals surface area contributed by atoms with Gasteiger partial charge >= 0.3 is 5.97 Å². The summed E-state index contributed by atoms with van der Waals surface area (Å²) in [5.74, 6) is -2.22. The van der Waals surface area contributed by atoms with Crippen molar-refractivity contribution in [3.8, 4) is 0 Å². The molecule has 3 heterocycles. The minimum absolute atomic E-state index is 0.0264. The van der Waals surface area contributed by atoms with Gasteiger partial charge in [-0.15, -0.1) is 24.9 Å². The van der Waals surface area contributed by atoms with E-state index in [4.69, 9.17) is 4.74 Å². The predicted molar refractivity (Wildman–Crippen MR) is 145 cm³/mol. The Bertz CT molecular complexity index is 1060. The van der Waals surface area contributed by atoms with Crippen molar-refractivity contribution in [1.29, 1.82) is 0 Å². The topological polar surface area (TPSA) is 87.1 Å². The van der Waals surface area contributed by atoms with Gasteiger partial charge in [0.1, 0.15) is 6.04 Å². The monoisotopic (exact) mass is 576 g/mol. The number of thioether (sulfide) groups is 1. The summed E-state index contributed by atoms with van der Waals surface area (Å²) in [4.78, 5) is 44.6. The lowest BCUT2D eigenvalue weighted by molar-refractivity contribution is -0.154. The second-order valence-corrected chi connectivity index (χ2v) is 12.4. The number of alkyl halides is 1. The zero-order valence-corrected chi connectivity index (χ0v) is 23.1. The molecule has 4 rings (SSSR count). The Morgan fingerprint density at radius 3 is 2.61 bits per heavy atom. The molecular formula is C27H33BrN2O5S.